The van der Waals surface area contributed by atoms with Crippen molar-refractivity contribution >= 4 is 62.3 Å². The number of hydrogen-bond acceptors (Lipinski definition) is 8. The lowest BCUT2D eigenvalue weighted by molar-refractivity contribution is -0.121. The first kappa shape index (κ1) is 41.2. The Morgan fingerprint density at radius 3 is 2.47 bits per heavy atom. The highest BCUT2D eigenvalue weighted by Crippen LogP contribution is 2.46. The van der Waals surface area contributed by atoms with Crippen molar-refractivity contribution in [2.75, 3.05) is 13.1 Å². The van der Waals surface area contributed by atoms with Crippen LogP contribution < -0.4 is 16.0 Å². The van der Waals surface area contributed by atoms with Gasteiger partial charge in [-0.05, 0) is 114 Å². The van der Waals surface area contributed by atoms with Crippen LogP contribution in [0.4, 0.5) is 0 Å². The van der Waals surface area contributed by atoms with Gasteiger partial charge in [-0.15, -0.1) is 0 Å². The van der Waals surface area contributed by atoms with Crippen LogP contribution in [0, 0.1) is 15.4 Å². The second-order valence-electron chi connectivity index (χ2n) is 16.4. The fourth-order valence-electron chi connectivity index (χ4n) is 9.40. The van der Waals surface area contributed by atoms with Crippen molar-refractivity contribution < 1.29 is 14.7 Å². The Balaban J connectivity index is 0.946. The maximum atomic E-state index is 13.5. The Labute approximate surface area is 375 Å². The quantitative estimate of drug-likeness (QED) is 0.118. The summed E-state index contributed by atoms with van der Waals surface area (Å²) in [6.07, 6.45) is 10.1. The van der Waals surface area contributed by atoms with Crippen LogP contribution in [0.2, 0.25) is 0 Å². The Morgan fingerprint density at radius 2 is 1.68 bits per heavy atom. The molecule has 0 spiro atoms. The van der Waals surface area contributed by atoms with Crippen LogP contribution in [-0.4, -0.2) is 52.1 Å². The molecular formula is C51H48IN7O3. The first-order chi connectivity index (χ1) is 29.9. The Morgan fingerprint density at radius 1 is 0.935 bits per heavy atom. The second-order valence-corrected chi connectivity index (χ2v) is 17.6. The molecular weight excluding hydrogens is 886 g/mol. The normalized spacial score (nSPS) is 20.4. The predicted molar refractivity (Wildman–Crippen MR) is 257 cm³/mol. The number of aliphatic hydroxyl groups excluding tert-OH is 1. The van der Waals surface area contributed by atoms with E-state index < -0.39 is 0 Å². The molecule has 11 heteroatoms. The number of nitrogens with zero attached hydrogens (tertiary/aromatic N) is 4. The van der Waals surface area contributed by atoms with E-state index in [1.165, 1.54) is 0 Å². The second kappa shape index (κ2) is 16.6. The van der Waals surface area contributed by atoms with Crippen LogP contribution in [0.1, 0.15) is 70.8 Å². The summed E-state index contributed by atoms with van der Waals surface area (Å²) in [5, 5.41) is 23.1. The third-order valence-electron chi connectivity index (χ3n) is 12.8. The van der Waals surface area contributed by atoms with Gasteiger partial charge in [0.15, 0.2) is 0 Å². The highest BCUT2D eigenvalue weighted by molar-refractivity contribution is 14.1. The SMILES string of the molecule is C=CC1=C(C)C2=NC1=CC1=NC(=CC3=C(C)C4=C(O)CC(=C5NC(=C2)[C@@H](C)[C@@H]5CCC(=O)NCCNC(=O)c2cc5ccccc5c(-c5ccccc5I)n2)C4=N3)C(CC)=C1C. The molecule has 5 aliphatic heterocycles. The predicted octanol–water partition coefficient (Wildman–Crippen LogP) is 9.99. The number of aromatic nitrogens is 1. The van der Waals surface area contributed by atoms with Crippen LogP contribution in [0.5, 0.6) is 0 Å². The summed E-state index contributed by atoms with van der Waals surface area (Å²) in [5.41, 5.74) is 15.9. The highest BCUT2D eigenvalue weighted by atomic mass is 127. The van der Waals surface area contributed by atoms with Gasteiger partial charge in [-0.3, -0.25) is 9.59 Å². The molecule has 3 aromatic rings. The molecule has 1 aliphatic carbocycles. The van der Waals surface area contributed by atoms with Crippen molar-refractivity contribution in [3.05, 3.63) is 168 Å². The number of benzene rings is 2. The minimum atomic E-state index is -0.301. The van der Waals surface area contributed by atoms with Gasteiger partial charge in [0.25, 0.3) is 5.91 Å². The summed E-state index contributed by atoms with van der Waals surface area (Å²) in [7, 11) is 0. The summed E-state index contributed by atoms with van der Waals surface area (Å²) in [6.45, 7) is 15.2. The number of carbonyl (C=O) groups excluding carboxylic acids is 2. The number of aliphatic hydroxyl groups is 1. The van der Waals surface area contributed by atoms with Gasteiger partial charge in [-0.25, -0.2) is 20.0 Å². The zero-order chi connectivity index (χ0) is 43.4. The molecule has 312 valence electrons. The van der Waals surface area contributed by atoms with Crippen LogP contribution >= 0.6 is 22.6 Å². The molecule has 10 nitrogen and oxygen atoms in total. The van der Waals surface area contributed by atoms with Crippen molar-refractivity contribution in [2.45, 2.75) is 60.3 Å². The number of allylic oxidation sites excluding steroid dienone is 12. The lowest BCUT2D eigenvalue weighted by atomic mass is 9.86. The monoisotopic (exact) mass is 933 g/mol. The Hall–Kier alpha value is -6.21. The van der Waals surface area contributed by atoms with Gasteiger partial charge >= 0.3 is 0 Å². The molecule has 0 saturated carbocycles. The number of carbonyl (C=O) groups is 2. The summed E-state index contributed by atoms with van der Waals surface area (Å²) in [5.74, 6) is -0.158. The topological polar surface area (TPSA) is 140 Å². The van der Waals surface area contributed by atoms with Gasteiger partial charge in [0.2, 0.25) is 5.91 Å². The Bertz CT molecular complexity index is 2910. The molecule has 2 amide bonds. The van der Waals surface area contributed by atoms with Crippen molar-refractivity contribution in [1.82, 2.24) is 20.9 Å². The van der Waals surface area contributed by atoms with Gasteiger partial charge < -0.3 is 21.1 Å². The molecule has 9 rings (SSSR count). The van der Waals surface area contributed by atoms with E-state index in [1.54, 1.807) is 0 Å². The number of aliphatic imine (C=N–C) groups is 3. The van der Waals surface area contributed by atoms with E-state index in [-0.39, 0.29) is 43.2 Å². The van der Waals surface area contributed by atoms with Crippen LogP contribution in [0.15, 0.2) is 174 Å². The molecule has 62 heavy (non-hydrogen) atoms. The molecule has 2 atom stereocenters. The molecule has 6 heterocycles. The summed E-state index contributed by atoms with van der Waals surface area (Å²) >= 11 is 2.30. The van der Waals surface area contributed by atoms with Crippen molar-refractivity contribution in [3.8, 4) is 11.3 Å². The van der Waals surface area contributed by atoms with E-state index in [4.69, 9.17) is 20.0 Å². The number of amides is 2. The molecule has 0 unspecified atom stereocenters. The van der Waals surface area contributed by atoms with E-state index in [0.717, 1.165) is 117 Å². The zero-order valence-electron chi connectivity index (χ0n) is 35.5. The molecule has 6 aliphatic rings. The maximum Gasteiger partial charge on any atom is 0.269 e. The van der Waals surface area contributed by atoms with Gasteiger partial charge in [0, 0.05) is 80.4 Å². The number of rotatable bonds is 10. The standard InChI is InChI=1S/C51H48IN7O3/c1-7-31-26(3)38-23-40-28(5)33(17-18-46(61)53-19-20-54-51(62)44-21-30-13-9-10-14-34(30)49(59-44)35-15-11-12-16-37(35)52)48(57-40)36-22-45(60)47-29(6)41(58-50(36)47)25-43-32(8-2)27(4)39(56-43)24-42(31)55-38/h7,9-16,21,23-25,28,33,57,60H,1,8,17-20,22H2,2-6H3,(H,53,61)(H,54,62)/t28-,33-/m0/s1. The van der Waals surface area contributed by atoms with Crippen molar-refractivity contribution in [3.63, 3.8) is 0 Å². The molecule has 2 aromatic carbocycles. The smallest absolute Gasteiger partial charge is 0.269 e. The molecule has 4 N–H and O–H groups in total. The van der Waals surface area contributed by atoms with Gasteiger partial charge in [-0.1, -0.05) is 69.0 Å². The number of nitrogens with one attached hydrogen (secondary N) is 3. The summed E-state index contributed by atoms with van der Waals surface area (Å²) in [4.78, 5) is 47.1. The average molecular weight is 934 g/mol. The number of fused-ring (bicyclic) bond motifs is 6. The number of halogens is 1. The van der Waals surface area contributed by atoms with E-state index >= 15 is 0 Å². The summed E-state index contributed by atoms with van der Waals surface area (Å²) in [6, 6.07) is 17.7. The lowest BCUT2D eigenvalue weighted by Gasteiger charge is -2.18. The molecule has 1 aromatic heterocycles. The Kier molecular flexibility index (Phi) is 11.0. The third-order valence-corrected chi connectivity index (χ3v) is 13.8. The molecule has 1 saturated heterocycles. The van der Waals surface area contributed by atoms with Crippen LogP contribution in [0.25, 0.3) is 22.0 Å². The lowest BCUT2D eigenvalue weighted by Crippen LogP contribution is -2.35. The highest BCUT2D eigenvalue weighted by Gasteiger charge is 2.41. The zero-order valence-corrected chi connectivity index (χ0v) is 37.7. The minimum Gasteiger partial charge on any atom is -0.511 e. The van der Waals surface area contributed by atoms with E-state index in [2.05, 4.69) is 85.0 Å². The number of pyridine rings is 1. The fraction of sp³-hybridized carbons (Fsp3) is 0.255. The largest absolute Gasteiger partial charge is 0.511 e. The maximum absolute atomic E-state index is 13.5. The summed E-state index contributed by atoms with van der Waals surface area (Å²) < 4.78 is 1.05. The third kappa shape index (κ3) is 7.25. The van der Waals surface area contributed by atoms with Crippen LogP contribution in [-0.2, 0) is 4.79 Å². The fourth-order valence-corrected chi connectivity index (χ4v) is 10.0. The molecule has 0 radical (unpaired) electrons. The van der Waals surface area contributed by atoms with E-state index in [0.29, 0.717) is 24.3 Å². The van der Waals surface area contributed by atoms with Crippen molar-refractivity contribution in [2.24, 2.45) is 26.8 Å². The van der Waals surface area contributed by atoms with E-state index in [1.807, 2.05) is 73.7 Å². The van der Waals surface area contributed by atoms with Crippen LogP contribution in [0.3, 0.4) is 0 Å². The van der Waals surface area contributed by atoms with E-state index in [9.17, 15) is 14.7 Å². The first-order valence-electron chi connectivity index (χ1n) is 21.2. The number of hydrogen-bond donors (Lipinski definition) is 4. The van der Waals surface area contributed by atoms with Gasteiger partial charge in [-0.2, -0.15) is 0 Å². The van der Waals surface area contributed by atoms with Crippen molar-refractivity contribution in [1.29, 1.82) is 0 Å². The average Bonchev–Trinajstić information content (AvgIpc) is 4.03. The van der Waals surface area contributed by atoms with Gasteiger partial charge in [0.1, 0.15) is 11.5 Å². The molecule has 1 fully saturated rings. The van der Waals surface area contributed by atoms with Gasteiger partial charge in [0.05, 0.1) is 39.9 Å². The molecule has 8 bridgehead atoms. The minimum absolute atomic E-state index is 0.0102. The first-order valence-corrected chi connectivity index (χ1v) is 22.3.